The predicted molar refractivity (Wildman–Crippen MR) is 57.4 cm³/mol. The molecule has 0 radical (unpaired) electrons. The highest BCUT2D eigenvalue weighted by atomic mass is 16.5. The van der Waals surface area contributed by atoms with Crippen molar-refractivity contribution < 1.29 is 19.6 Å². The maximum Gasteiger partial charge on any atom is 0.492 e. The van der Waals surface area contributed by atoms with Gasteiger partial charge in [0.15, 0.2) is 6.29 Å². The summed E-state index contributed by atoms with van der Waals surface area (Å²) >= 11 is 0. The van der Waals surface area contributed by atoms with E-state index in [2.05, 4.69) is 0 Å². The topological polar surface area (TPSA) is 66.8 Å². The van der Waals surface area contributed by atoms with E-state index < -0.39 is 7.12 Å². The summed E-state index contributed by atoms with van der Waals surface area (Å²) in [6, 6.07) is 4.65. The molecule has 2 N–H and O–H groups in total. The molecule has 0 bridgehead atoms. The van der Waals surface area contributed by atoms with Gasteiger partial charge in [0.05, 0.1) is 11.7 Å². The van der Waals surface area contributed by atoms with Crippen LogP contribution in [-0.4, -0.2) is 29.6 Å². The molecule has 0 unspecified atom stereocenters. The van der Waals surface area contributed by atoms with Gasteiger partial charge >= 0.3 is 7.12 Å². The Morgan fingerprint density at radius 2 is 2.07 bits per heavy atom. The third kappa shape index (κ3) is 2.81. The Kier molecular flexibility index (Phi) is 3.88. The van der Waals surface area contributed by atoms with Crippen LogP contribution in [0.3, 0.4) is 0 Å². The molecule has 4 nitrogen and oxygen atoms in total. The van der Waals surface area contributed by atoms with Gasteiger partial charge in [-0.2, -0.15) is 0 Å². The SMILES string of the molecule is CC(C)Oc1c(C=O)cccc1B(O)O. The van der Waals surface area contributed by atoms with Gasteiger partial charge in [0.2, 0.25) is 0 Å². The lowest BCUT2D eigenvalue weighted by molar-refractivity contribution is 0.111. The number of rotatable bonds is 4. The maximum absolute atomic E-state index is 10.7. The molecule has 5 heteroatoms. The van der Waals surface area contributed by atoms with Crippen LogP contribution in [0.25, 0.3) is 0 Å². The van der Waals surface area contributed by atoms with E-state index >= 15 is 0 Å². The molecular formula is C10H13BO4. The minimum Gasteiger partial charge on any atom is -0.491 e. The van der Waals surface area contributed by atoms with Crippen molar-refractivity contribution in [3.8, 4) is 5.75 Å². The van der Waals surface area contributed by atoms with Crippen LogP contribution < -0.4 is 10.2 Å². The minimum absolute atomic E-state index is 0.136. The van der Waals surface area contributed by atoms with Gasteiger partial charge in [-0.15, -0.1) is 0 Å². The molecule has 0 heterocycles. The largest absolute Gasteiger partial charge is 0.492 e. The summed E-state index contributed by atoms with van der Waals surface area (Å²) in [5.41, 5.74) is 0.516. The van der Waals surface area contributed by atoms with E-state index in [4.69, 9.17) is 14.8 Å². The molecule has 0 aromatic heterocycles. The Balaban J connectivity index is 3.20. The monoisotopic (exact) mass is 208 g/mol. The normalized spacial score (nSPS) is 10.2. The number of carbonyl (C=O) groups excluding carboxylic acids is 1. The van der Waals surface area contributed by atoms with Gasteiger partial charge in [-0.25, -0.2) is 0 Å². The molecule has 0 amide bonds. The zero-order valence-corrected chi connectivity index (χ0v) is 8.68. The molecule has 0 fully saturated rings. The number of ether oxygens (including phenoxy) is 1. The number of carbonyl (C=O) groups is 1. The number of benzene rings is 1. The third-order valence-corrected chi connectivity index (χ3v) is 1.83. The van der Waals surface area contributed by atoms with E-state index in [0.29, 0.717) is 11.8 Å². The molecule has 1 aromatic rings. The Morgan fingerprint density at radius 1 is 1.40 bits per heavy atom. The van der Waals surface area contributed by atoms with E-state index in [1.165, 1.54) is 6.07 Å². The lowest BCUT2D eigenvalue weighted by atomic mass is 9.78. The standard InChI is InChI=1S/C10H13BO4/c1-7(2)15-10-8(6-12)4-3-5-9(10)11(13)14/h3-7,13-14H,1-2H3. The van der Waals surface area contributed by atoms with Crippen LogP contribution in [0.5, 0.6) is 5.75 Å². The summed E-state index contributed by atoms with van der Waals surface area (Å²) in [7, 11) is -1.64. The van der Waals surface area contributed by atoms with Gasteiger partial charge in [-0.05, 0) is 19.9 Å². The van der Waals surface area contributed by atoms with Gasteiger partial charge in [-0.1, -0.05) is 12.1 Å². The fourth-order valence-corrected chi connectivity index (χ4v) is 1.24. The van der Waals surface area contributed by atoms with Crippen LogP contribution >= 0.6 is 0 Å². The van der Waals surface area contributed by atoms with Crippen molar-refractivity contribution in [1.29, 1.82) is 0 Å². The summed E-state index contributed by atoms with van der Waals surface area (Å²) in [6.45, 7) is 3.60. The second kappa shape index (κ2) is 4.95. The molecule has 0 aliphatic heterocycles. The first kappa shape index (κ1) is 11.7. The van der Waals surface area contributed by atoms with Crippen molar-refractivity contribution >= 4 is 18.9 Å². The minimum atomic E-state index is -1.64. The highest BCUT2D eigenvalue weighted by Crippen LogP contribution is 2.15. The Morgan fingerprint density at radius 3 is 2.53 bits per heavy atom. The molecule has 0 aliphatic carbocycles. The first-order chi connectivity index (χ1) is 7.06. The van der Waals surface area contributed by atoms with Crippen LogP contribution in [0.4, 0.5) is 0 Å². The summed E-state index contributed by atoms with van der Waals surface area (Å²) in [4.78, 5) is 10.7. The van der Waals surface area contributed by atoms with E-state index in [-0.39, 0.29) is 17.3 Å². The first-order valence-corrected chi connectivity index (χ1v) is 4.67. The third-order valence-electron chi connectivity index (χ3n) is 1.83. The number of aldehydes is 1. The molecule has 0 saturated heterocycles. The van der Waals surface area contributed by atoms with E-state index in [0.717, 1.165) is 0 Å². The molecule has 80 valence electrons. The van der Waals surface area contributed by atoms with Crippen LogP contribution in [0.15, 0.2) is 18.2 Å². The number of hydrogen-bond acceptors (Lipinski definition) is 4. The van der Waals surface area contributed by atoms with Crippen molar-refractivity contribution in [2.45, 2.75) is 20.0 Å². The summed E-state index contributed by atoms with van der Waals surface area (Å²) < 4.78 is 5.38. The van der Waals surface area contributed by atoms with Crippen molar-refractivity contribution in [1.82, 2.24) is 0 Å². The second-order valence-electron chi connectivity index (χ2n) is 3.42. The lowest BCUT2D eigenvalue weighted by Crippen LogP contribution is -2.33. The highest BCUT2D eigenvalue weighted by molar-refractivity contribution is 6.59. The fourth-order valence-electron chi connectivity index (χ4n) is 1.24. The van der Waals surface area contributed by atoms with Crippen molar-refractivity contribution in [2.75, 3.05) is 0 Å². The summed E-state index contributed by atoms with van der Waals surface area (Å²) in [6.07, 6.45) is 0.493. The van der Waals surface area contributed by atoms with Gasteiger partial charge in [0.1, 0.15) is 5.75 Å². The van der Waals surface area contributed by atoms with Crippen molar-refractivity contribution in [2.24, 2.45) is 0 Å². The average Bonchev–Trinajstić information content (AvgIpc) is 2.16. The van der Waals surface area contributed by atoms with Crippen molar-refractivity contribution in [3.63, 3.8) is 0 Å². The van der Waals surface area contributed by atoms with E-state index in [1.807, 2.05) is 0 Å². The predicted octanol–water partition coefficient (Wildman–Crippen LogP) is -0.0339. The molecule has 15 heavy (non-hydrogen) atoms. The van der Waals surface area contributed by atoms with Crippen LogP contribution in [0.2, 0.25) is 0 Å². The molecule has 0 aliphatic rings. The zero-order chi connectivity index (χ0) is 11.4. The maximum atomic E-state index is 10.7. The Hall–Kier alpha value is -1.33. The highest BCUT2D eigenvalue weighted by Gasteiger charge is 2.20. The Labute approximate surface area is 88.6 Å². The molecule has 0 spiro atoms. The van der Waals surface area contributed by atoms with Crippen LogP contribution in [0.1, 0.15) is 24.2 Å². The van der Waals surface area contributed by atoms with E-state index in [9.17, 15) is 4.79 Å². The zero-order valence-electron chi connectivity index (χ0n) is 8.68. The van der Waals surface area contributed by atoms with Gasteiger partial charge in [-0.3, -0.25) is 4.79 Å². The smallest absolute Gasteiger partial charge is 0.491 e. The van der Waals surface area contributed by atoms with E-state index in [1.54, 1.807) is 26.0 Å². The number of para-hydroxylation sites is 1. The quantitative estimate of drug-likeness (QED) is 0.538. The summed E-state index contributed by atoms with van der Waals surface area (Å²) in [5.74, 6) is 0.234. The molecular weight excluding hydrogens is 195 g/mol. The first-order valence-electron chi connectivity index (χ1n) is 4.67. The summed E-state index contributed by atoms with van der Waals surface area (Å²) in [5, 5.41) is 18.2. The molecule has 1 aromatic carbocycles. The van der Waals surface area contributed by atoms with Crippen LogP contribution in [0, 0.1) is 0 Å². The van der Waals surface area contributed by atoms with Crippen molar-refractivity contribution in [3.05, 3.63) is 23.8 Å². The van der Waals surface area contributed by atoms with Gasteiger partial charge < -0.3 is 14.8 Å². The van der Waals surface area contributed by atoms with Gasteiger partial charge in [0.25, 0.3) is 0 Å². The average molecular weight is 208 g/mol. The molecule has 0 saturated carbocycles. The van der Waals surface area contributed by atoms with Crippen LogP contribution in [-0.2, 0) is 0 Å². The fraction of sp³-hybridized carbons (Fsp3) is 0.300. The Bertz CT molecular complexity index is 349. The lowest BCUT2D eigenvalue weighted by Gasteiger charge is -2.15. The molecule has 1 rings (SSSR count). The molecule has 0 atom stereocenters. The number of hydrogen-bond donors (Lipinski definition) is 2. The second-order valence-corrected chi connectivity index (χ2v) is 3.42. The van der Waals surface area contributed by atoms with Gasteiger partial charge in [0, 0.05) is 5.46 Å².